The zero-order valence-electron chi connectivity index (χ0n) is 14.1. The Kier molecular flexibility index (Phi) is 3.85. The molecule has 2 aliphatic rings. The lowest BCUT2D eigenvalue weighted by atomic mass is 9.97. The minimum atomic E-state index is -1.15. The Labute approximate surface area is 159 Å². The summed E-state index contributed by atoms with van der Waals surface area (Å²) in [6.07, 6.45) is -1.26. The molecule has 0 saturated carbocycles. The molecule has 0 unspecified atom stereocenters. The molecular weight excluding hydrogens is 372 g/mol. The van der Waals surface area contributed by atoms with Crippen molar-refractivity contribution in [3.05, 3.63) is 52.9 Å². The molecule has 0 bridgehead atoms. The molecule has 4 N–H and O–H groups in total. The minimum absolute atomic E-state index is 0.341. The highest BCUT2D eigenvalue weighted by Crippen LogP contribution is 2.43. The van der Waals surface area contributed by atoms with E-state index in [-0.39, 0.29) is 0 Å². The molecule has 0 spiro atoms. The lowest BCUT2D eigenvalue weighted by Crippen LogP contribution is -2.34. The summed E-state index contributed by atoms with van der Waals surface area (Å²) < 4.78 is 13.5. The number of hydrogen-bond acceptors (Lipinski definition) is 7. The number of aliphatic hydroxyl groups excluding tert-OH is 2. The maximum absolute atomic E-state index is 10.6. The van der Waals surface area contributed by atoms with Crippen molar-refractivity contribution in [1.82, 2.24) is 14.5 Å². The maximum atomic E-state index is 10.6. The van der Waals surface area contributed by atoms with Crippen LogP contribution in [0.3, 0.4) is 0 Å². The van der Waals surface area contributed by atoms with E-state index < -0.39 is 30.6 Å². The van der Waals surface area contributed by atoms with Gasteiger partial charge < -0.3 is 30.0 Å². The van der Waals surface area contributed by atoms with Crippen LogP contribution in [0.1, 0.15) is 23.5 Å². The number of fused-ring (bicyclic) bond motifs is 2. The van der Waals surface area contributed by atoms with E-state index in [1.807, 2.05) is 12.1 Å². The standard InChI is InChI=1S/C18H17ClN4O4/c19-9-1-2-10-8(5-9)6-26-14(10)15-12(24)13(25)18(27-15)23-4-3-11-16(20)21-7-22-17(11)23/h1-5,7,12-15,18,24-25H,6H2,(H2,20,21,22)/t12-,13+,14-,15-,18+/m0/s1. The molecule has 3 aromatic rings. The normalized spacial score (nSPS) is 30.1. The first kappa shape index (κ1) is 16.9. The first-order valence-corrected chi connectivity index (χ1v) is 8.91. The molecule has 0 amide bonds. The third-order valence-electron chi connectivity index (χ3n) is 5.22. The average Bonchev–Trinajstić information content (AvgIpc) is 3.33. The Bertz CT molecular complexity index is 1030. The summed E-state index contributed by atoms with van der Waals surface area (Å²) in [6, 6.07) is 7.23. The van der Waals surface area contributed by atoms with Crippen molar-refractivity contribution in [1.29, 1.82) is 0 Å². The van der Waals surface area contributed by atoms with Gasteiger partial charge in [-0.3, -0.25) is 0 Å². The Morgan fingerprint density at radius 1 is 1.19 bits per heavy atom. The highest BCUT2D eigenvalue weighted by molar-refractivity contribution is 6.30. The van der Waals surface area contributed by atoms with Crippen LogP contribution >= 0.6 is 11.6 Å². The zero-order chi connectivity index (χ0) is 18.7. The molecule has 8 nitrogen and oxygen atoms in total. The fraction of sp³-hybridized carbons (Fsp3) is 0.333. The molecule has 2 aliphatic heterocycles. The summed E-state index contributed by atoms with van der Waals surface area (Å²) in [5.74, 6) is 0.341. The highest BCUT2D eigenvalue weighted by Gasteiger charge is 2.49. The Morgan fingerprint density at radius 3 is 2.89 bits per heavy atom. The van der Waals surface area contributed by atoms with E-state index in [0.29, 0.717) is 28.5 Å². The summed E-state index contributed by atoms with van der Waals surface area (Å²) in [6.45, 7) is 0.379. The van der Waals surface area contributed by atoms with Crippen molar-refractivity contribution in [3.8, 4) is 0 Å². The van der Waals surface area contributed by atoms with Crippen molar-refractivity contribution in [3.63, 3.8) is 0 Å². The van der Waals surface area contributed by atoms with Gasteiger partial charge in [0.1, 0.15) is 42.2 Å². The van der Waals surface area contributed by atoms with E-state index in [1.54, 1.807) is 22.9 Å². The summed E-state index contributed by atoms with van der Waals surface area (Å²) >= 11 is 6.04. The van der Waals surface area contributed by atoms with Crippen molar-refractivity contribution in [2.75, 3.05) is 5.73 Å². The third-order valence-corrected chi connectivity index (χ3v) is 5.45. The molecule has 5 rings (SSSR count). The predicted molar refractivity (Wildman–Crippen MR) is 96.8 cm³/mol. The second-order valence-corrected chi connectivity index (χ2v) is 7.20. The van der Waals surface area contributed by atoms with Crippen LogP contribution in [0.4, 0.5) is 5.82 Å². The quantitative estimate of drug-likeness (QED) is 0.610. The van der Waals surface area contributed by atoms with Gasteiger partial charge in [-0.05, 0) is 29.3 Å². The number of hydrogen-bond donors (Lipinski definition) is 3. The number of nitrogen functional groups attached to an aromatic ring is 1. The van der Waals surface area contributed by atoms with Gasteiger partial charge in [0.15, 0.2) is 6.23 Å². The molecule has 140 valence electrons. The molecule has 27 heavy (non-hydrogen) atoms. The number of ether oxygens (including phenoxy) is 2. The van der Waals surface area contributed by atoms with Crippen LogP contribution in [0.2, 0.25) is 5.02 Å². The zero-order valence-corrected chi connectivity index (χ0v) is 14.8. The molecule has 4 heterocycles. The number of benzene rings is 1. The van der Waals surface area contributed by atoms with E-state index in [2.05, 4.69) is 9.97 Å². The molecule has 0 aliphatic carbocycles. The van der Waals surface area contributed by atoms with Crippen molar-refractivity contribution >= 4 is 28.5 Å². The first-order valence-electron chi connectivity index (χ1n) is 8.53. The van der Waals surface area contributed by atoms with Gasteiger partial charge in [-0.1, -0.05) is 17.7 Å². The van der Waals surface area contributed by atoms with Crippen molar-refractivity contribution < 1.29 is 19.7 Å². The van der Waals surface area contributed by atoms with E-state index in [9.17, 15) is 10.2 Å². The van der Waals surface area contributed by atoms with Crippen LogP contribution in [0.25, 0.3) is 11.0 Å². The van der Waals surface area contributed by atoms with Gasteiger partial charge in [0, 0.05) is 11.2 Å². The molecule has 1 fully saturated rings. The van der Waals surface area contributed by atoms with Crippen molar-refractivity contribution in [2.24, 2.45) is 0 Å². The number of nitrogens with two attached hydrogens (primary N) is 1. The summed E-state index contributed by atoms with van der Waals surface area (Å²) in [5.41, 5.74) is 8.26. The number of aromatic nitrogens is 3. The molecular formula is C18H17ClN4O4. The van der Waals surface area contributed by atoms with Gasteiger partial charge >= 0.3 is 0 Å². The molecule has 9 heteroatoms. The minimum Gasteiger partial charge on any atom is -0.387 e. The molecule has 5 atom stereocenters. The van der Waals surface area contributed by atoms with E-state index in [1.165, 1.54) is 6.33 Å². The highest BCUT2D eigenvalue weighted by atomic mass is 35.5. The molecule has 0 radical (unpaired) electrons. The number of anilines is 1. The van der Waals surface area contributed by atoms with Crippen LogP contribution in [0, 0.1) is 0 Å². The fourth-order valence-corrected chi connectivity index (χ4v) is 4.07. The van der Waals surface area contributed by atoms with Gasteiger partial charge in [-0.2, -0.15) is 0 Å². The van der Waals surface area contributed by atoms with E-state index >= 15 is 0 Å². The third kappa shape index (κ3) is 2.53. The van der Waals surface area contributed by atoms with Crippen LogP contribution in [-0.4, -0.2) is 43.1 Å². The lowest BCUT2D eigenvalue weighted by molar-refractivity contribution is -0.104. The maximum Gasteiger partial charge on any atom is 0.164 e. The van der Waals surface area contributed by atoms with Crippen LogP contribution < -0.4 is 5.73 Å². The lowest BCUT2D eigenvalue weighted by Gasteiger charge is -2.22. The second kappa shape index (κ2) is 6.15. The number of halogens is 1. The number of rotatable bonds is 2. The summed E-state index contributed by atoms with van der Waals surface area (Å²) in [5, 5.41) is 22.6. The molecule has 1 aromatic carbocycles. The van der Waals surface area contributed by atoms with Crippen LogP contribution in [0.15, 0.2) is 36.8 Å². The van der Waals surface area contributed by atoms with E-state index in [0.717, 1.165) is 11.1 Å². The van der Waals surface area contributed by atoms with Gasteiger partial charge in [0.25, 0.3) is 0 Å². The van der Waals surface area contributed by atoms with Crippen molar-refractivity contribution in [2.45, 2.75) is 37.3 Å². The molecule has 1 saturated heterocycles. The summed E-state index contributed by atoms with van der Waals surface area (Å²) in [4.78, 5) is 8.19. The van der Waals surface area contributed by atoms with Crippen LogP contribution in [0.5, 0.6) is 0 Å². The Balaban J connectivity index is 1.49. The topological polar surface area (TPSA) is 116 Å². The Morgan fingerprint density at radius 2 is 2.04 bits per heavy atom. The predicted octanol–water partition coefficient (Wildman–Crippen LogP) is 1.56. The average molecular weight is 389 g/mol. The number of aliphatic hydroxyl groups is 2. The van der Waals surface area contributed by atoms with Gasteiger partial charge in [-0.25, -0.2) is 9.97 Å². The largest absolute Gasteiger partial charge is 0.387 e. The van der Waals surface area contributed by atoms with Gasteiger partial charge in [0.05, 0.1) is 12.0 Å². The monoisotopic (exact) mass is 388 g/mol. The smallest absolute Gasteiger partial charge is 0.164 e. The summed E-state index contributed by atoms with van der Waals surface area (Å²) in [7, 11) is 0. The molecule has 2 aromatic heterocycles. The van der Waals surface area contributed by atoms with Crippen LogP contribution in [-0.2, 0) is 16.1 Å². The van der Waals surface area contributed by atoms with E-state index in [4.69, 9.17) is 26.8 Å². The number of nitrogens with zero attached hydrogens (tertiary/aromatic N) is 3. The fourth-order valence-electron chi connectivity index (χ4n) is 3.88. The Hall–Kier alpha value is -2.23. The SMILES string of the molecule is Nc1ncnc2c1ccn2[C@@H]1O[C@H]([C@H]2OCc3cc(Cl)ccc32)[C@@H](O)[C@H]1O. The second-order valence-electron chi connectivity index (χ2n) is 6.77. The van der Waals surface area contributed by atoms with Gasteiger partial charge in [0.2, 0.25) is 0 Å². The van der Waals surface area contributed by atoms with Gasteiger partial charge in [-0.15, -0.1) is 0 Å². The first-order chi connectivity index (χ1) is 13.0.